The second-order valence-corrected chi connectivity index (χ2v) is 6.63. The lowest BCUT2D eigenvalue weighted by Gasteiger charge is -2.35. The fraction of sp³-hybridized carbons (Fsp3) is 0.350. The summed E-state index contributed by atoms with van der Waals surface area (Å²) in [5, 5.41) is 0. The van der Waals surface area contributed by atoms with Gasteiger partial charge in [0.1, 0.15) is 11.4 Å². The Morgan fingerprint density at radius 3 is 2.77 bits per heavy atom. The minimum atomic E-state index is -0.548. The number of ether oxygens (including phenoxy) is 1. The number of para-hydroxylation sites is 1. The highest BCUT2D eigenvalue weighted by molar-refractivity contribution is 5.99. The Hall–Kier alpha value is -2.89. The number of rotatable bonds is 4. The molecule has 0 N–H and O–H groups in total. The number of aromatic nitrogens is 1. The van der Waals surface area contributed by atoms with Gasteiger partial charge < -0.3 is 14.5 Å². The molecule has 0 spiro atoms. The van der Waals surface area contributed by atoms with Crippen LogP contribution in [0.4, 0.5) is 11.5 Å². The smallest absolute Gasteiger partial charge is 0.342 e. The number of esters is 1. The van der Waals surface area contributed by atoms with Crippen molar-refractivity contribution in [3.63, 3.8) is 0 Å². The van der Waals surface area contributed by atoms with Gasteiger partial charge in [-0.3, -0.25) is 4.79 Å². The Bertz CT molecular complexity index is 819. The van der Waals surface area contributed by atoms with Gasteiger partial charge in [-0.1, -0.05) is 18.2 Å². The topological polar surface area (TPSA) is 62.7 Å². The molecule has 26 heavy (non-hydrogen) atoms. The highest BCUT2D eigenvalue weighted by Gasteiger charge is 2.29. The van der Waals surface area contributed by atoms with Crippen LogP contribution in [0.15, 0.2) is 42.6 Å². The first kappa shape index (κ1) is 17.9. The predicted octanol–water partition coefficient (Wildman–Crippen LogP) is 2.67. The van der Waals surface area contributed by atoms with Crippen molar-refractivity contribution in [3.05, 3.63) is 53.7 Å². The zero-order valence-corrected chi connectivity index (χ0v) is 15.3. The maximum atomic E-state index is 12.7. The number of amides is 1. The monoisotopic (exact) mass is 353 g/mol. The van der Waals surface area contributed by atoms with E-state index < -0.39 is 5.97 Å². The maximum Gasteiger partial charge on any atom is 0.342 e. The summed E-state index contributed by atoms with van der Waals surface area (Å²) in [7, 11) is 3.60. The van der Waals surface area contributed by atoms with Gasteiger partial charge in [0.25, 0.3) is 5.91 Å². The molecule has 1 atom stereocenters. The quantitative estimate of drug-likeness (QED) is 0.791. The second kappa shape index (κ2) is 7.56. The van der Waals surface area contributed by atoms with Crippen LogP contribution in [0.1, 0.15) is 29.3 Å². The van der Waals surface area contributed by atoms with Gasteiger partial charge >= 0.3 is 5.97 Å². The highest BCUT2D eigenvalue weighted by atomic mass is 16.5. The molecule has 2 aromatic rings. The summed E-state index contributed by atoms with van der Waals surface area (Å²) in [5.74, 6) is -0.247. The summed E-state index contributed by atoms with van der Waals surface area (Å²) in [5.41, 5.74) is 2.40. The molecule has 136 valence electrons. The summed E-state index contributed by atoms with van der Waals surface area (Å²) in [6.07, 6.45) is 3.45. The van der Waals surface area contributed by atoms with Gasteiger partial charge in [-0.15, -0.1) is 0 Å². The van der Waals surface area contributed by atoms with Crippen molar-refractivity contribution in [1.29, 1.82) is 0 Å². The van der Waals surface area contributed by atoms with Crippen molar-refractivity contribution >= 4 is 23.4 Å². The average Bonchev–Trinajstić information content (AvgIpc) is 2.65. The Morgan fingerprint density at radius 1 is 1.23 bits per heavy atom. The van der Waals surface area contributed by atoms with Gasteiger partial charge in [0, 0.05) is 32.0 Å². The van der Waals surface area contributed by atoms with E-state index in [1.807, 2.05) is 31.2 Å². The fourth-order valence-electron chi connectivity index (χ4n) is 3.26. The lowest BCUT2D eigenvalue weighted by atomic mass is 9.96. The largest absolute Gasteiger partial charge is 0.452 e. The number of anilines is 2. The van der Waals surface area contributed by atoms with E-state index >= 15 is 0 Å². The molecule has 1 aliphatic rings. The third-order valence-corrected chi connectivity index (χ3v) is 4.55. The first-order valence-electron chi connectivity index (χ1n) is 8.68. The molecule has 0 bridgehead atoms. The van der Waals surface area contributed by atoms with Crippen molar-refractivity contribution in [2.45, 2.75) is 25.8 Å². The van der Waals surface area contributed by atoms with E-state index in [1.54, 1.807) is 42.2 Å². The number of pyridine rings is 1. The van der Waals surface area contributed by atoms with Gasteiger partial charge in [0.2, 0.25) is 0 Å². The third-order valence-electron chi connectivity index (χ3n) is 4.55. The van der Waals surface area contributed by atoms with Crippen molar-refractivity contribution in [2.24, 2.45) is 0 Å². The minimum Gasteiger partial charge on any atom is -0.452 e. The van der Waals surface area contributed by atoms with Gasteiger partial charge in [-0.25, -0.2) is 9.78 Å². The molecule has 2 heterocycles. The number of carbonyl (C=O) groups is 2. The van der Waals surface area contributed by atoms with Gasteiger partial charge in [0.05, 0.1) is 0 Å². The van der Waals surface area contributed by atoms with Gasteiger partial charge in [0.15, 0.2) is 6.61 Å². The number of carbonyl (C=O) groups excluding carboxylic acids is 2. The van der Waals surface area contributed by atoms with E-state index in [4.69, 9.17) is 4.74 Å². The van der Waals surface area contributed by atoms with E-state index in [-0.39, 0.29) is 18.6 Å². The van der Waals surface area contributed by atoms with E-state index in [1.165, 1.54) is 0 Å². The van der Waals surface area contributed by atoms with E-state index in [2.05, 4.69) is 4.98 Å². The number of hydrogen-bond acceptors (Lipinski definition) is 5. The standard InChI is InChI=1S/C20H23N3O3/c1-14-10-11-15-7-4-5-9-17(15)23(14)18(24)13-26-20(25)16-8-6-12-21-19(16)22(2)3/h4-9,12,14H,10-11,13H2,1-3H3/t14-/m1/s1. The molecule has 6 nitrogen and oxygen atoms in total. The van der Waals surface area contributed by atoms with Crippen LogP contribution in [0.3, 0.4) is 0 Å². The molecule has 6 heteroatoms. The SMILES string of the molecule is C[C@@H]1CCc2ccccc2N1C(=O)COC(=O)c1cccnc1N(C)C. The minimum absolute atomic E-state index is 0.0758. The summed E-state index contributed by atoms with van der Waals surface area (Å²) in [6.45, 7) is 1.72. The van der Waals surface area contributed by atoms with Crippen LogP contribution in [0.25, 0.3) is 0 Å². The summed E-state index contributed by atoms with van der Waals surface area (Å²) >= 11 is 0. The van der Waals surface area contributed by atoms with Gasteiger partial charge in [-0.05, 0) is 43.5 Å². The first-order chi connectivity index (χ1) is 12.5. The fourth-order valence-corrected chi connectivity index (χ4v) is 3.26. The number of nitrogens with zero attached hydrogens (tertiary/aromatic N) is 3. The molecule has 0 saturated heterocycles. The summed E-state index contributed by atoms with van der Waals surface area (Å²) < 4.78 is 5.30. The normalized spacial score (nSPS) is 16.0. The lowest BCUT2D eigenvalue weighted by molar-refractivity contribution is -0.122. The molecule has 0 radical (unpaired) electrons. The number of fused-ring (bicyclic) bond motifs is 1. The summed E-state index contributed by atoms with van der Waals surface area (Å²) in [6, 6.07) is 11.3. The zero-order chi connectivity index (χ0) is 18.7. The van der Waals surface area contributed by atoms with Crippen LogP contribution in [-0.2, 0) is 16.0 Å². The maximum absolute atomic E-state index is 12.7. The Kier molecular flexibility index (Phi) is 5.21. The number of benzene rings is 1. The molecule has 1 aromatic heterocycles. The Balaban J connectivity index is 1.73. The third kappa shape index (κ3) is 3.54. The molecule has 0 unspecified atom stereocenters. The molecule has 1 aromatic carbocycles. The van der Waals surface area contributed by atoms with Crippen molar-refractivity contribution in [3.8, 4) is 0 Å². The average molecular weight is 353 g/mol. The Labute approximate surface area is 153 Å². The van der Waals surface area contributed by atoms with E-state index in [0.29, 0.717) is 11.4 Å². The zero-order valence-electron chi connectivity index (χ0n) is 15.3. The van der Waals surface area contributed by atoms with E-state index in [9.17, 15) is 9.59 Å². The van der Waals surface area contributed by atoms with Crippen molar-refractivity contribution in [2.75, 3.05) is 30.5 Å². The molecular weight excluding hydrogens is 330 g/mol. The highest BCUT2D eigenvalue weighted by Crippen LogP contribution is 2.30. The van der Waals surface area contributed by atoms with Crippen LogP contribution in [0, 0.1) is 0 Å². The van der Waals surface area contributed by atoms with Crippen LogP contribution in [0.2, 0.25) is 0 Å². The first-order valence-corrected chi connectivity index (χ1v) is 8.68. The molecule has 0 fully saturated rings. The van der Waals surface area contributed by atoms with Crippen molar-refractivity contribution < 1.29 is 14.3 Å². The second-order valence-electron chi connectivity index (χ2n) is 6.63. The van der Waals surface area contributed by atoms with E-state index in [0.717, 1.165) is 24.1 Å². The van der Waals surface area contributed by atoms with Gasteiger partial charge in [-0.2, -0.15) is 0 Å². The molecular formula is C20H23N3O3. The number of aryl methyl sites for hydroxylation is 1. The van der Waals surface area contributed by atoms with Crippen LogP contribution >= 0.6 is 0 Å². The Morgan fingerprint density at radius 2 is 2.00 bits per heavy atom. The van der Waals surface area contributed by atoms with Crippen molar-refractivity contribution in [1.82, 2.24) is 4.98 Å². The molecule has 0 aliphatic carbocycles. The molecule has 1 aliphatic heterocycles. The lowest BCUT2D eigenvalue weighted by Crippen LogP contribution is -2.44. The summed E-state index contributed by atoms with van der Waals surface area (Å²) in [4.78, 5) is 32.8. The molecule has 3 rings (SSSR count). The van der Waals surface area contributed by atoms with Crippen LogP contribution < -0.4 is 9.80 Å². The van der Waals surface area contributed by atoms with Crippen LogP contribution in [-0.4, -0.2) is 43.6 Å². The number of hydrogen-bond donors (Lipinski definition) is 0. The predicted molar refractivity (Wildman–Crippen MR) is 101 cm³/mol. The van der Waals surface area contributed by atoms with Crippen LogP contribution in [0.5, 0.6) is 0 Å². The molecule has 1 amide bonds. The molecule has 0 saturated carbocycles.